The van der Waals surface area contributed by atoms with Crippen molar-refractivity contribution < 1.29 is 9.15 Å². The van der Waals surface area contributed by atoms with Crippen LogP contribution in [-0.4, -0.2) is 30.4 Å². The minimum Gasteiger partial charge on any atom is -0.497 e. The third kappa shape index (κ3) is 4.14. The van der Waals surface area contributed by atoms with E-state index in [2.05, 4.69) is 58.5 Å². The van der Waals surface area contributed by atoms with E-state index in [1.807, 2.05) is 24.3 Å². The zero-order valence-corrected chi connectivity index (χ0v) is 15.4. The molecule has 0 amide bonds. The third-order valence-corrected chi connectivity index (χ3v) is 4.22. The molecule has 0 saturated heterocycles. The molecule has 2 aromatic carbocycles. The summed E-state index contributed by atoms with van der Waals surface area (Å²) in [6.07, 6.45) is 0. The van der Waals surface area contributed by atoms with Crippen LogP contribution in [0.25, 0.3) is 11.5 Å². The monoisotopic (exact) mass is 352 g/mol. The maximum atomic E-state index is 5.74. The fourth-order valence-corrected chi connectivity index (χ4v) is 2.75. The van der Waals surface area contributed by atoms with E-state index >= 15 is 0 Å². The number of benzene rings is 2. The number of nitrogens with zero attached hydrogens (tertiary/aromatic N) is 3. The molecule has 1 N–H and O–H groups in total. The SMILES string of the molecule is CCN(CC)c1ccc(NCc2nnc(-c3cccc(OC)c3)o2)cc1. The zero-order chi connectivity index (χ0) is 18.4. The topological polar surface area (TPSA) is 63.4 Å². The standard InChI is InChI=1S/C20H24N4O2/c1-4-24(5-2)17-11-9-16(10-12-17)21-14-19-22-23-20(26-19)15-7-6-8-18(13-15)25-3/h6-13,21H,4-5,14H2,1-3H3. The van der Waals surface area contributed by atoms with Crippen molar-refractivity contribution in [3.8, 4) is 17.2 Å². The summed E-state index contributed by atoms with van der Waals surface area (Å²) in [4.78, 5) is 2.31. The Morgan fingerprint density at radius 3 is 2.50 bits per heavy atom. The Kier molecular flexibility index (Phi) is 5.73. The molecular formula is C20H24N4O2. The summed E-state index contributed by atoms with van der Waals surface area (Å²) in [6.45, 7) is 6.79. The smallest absolute Gasteiger partial charge is 0.247 e. The fraction of sp³-hybridized carbons (Fsp3) is 0.300. The van der Waals surface area contributed by atoms with E-state index in [-0.39, 0.29) is 0 Å². The number of ether oxygens (including phenoxy) is 1. The van der Waals surface area contributed by atoms with Gasteiger partial charge in [0.2, 0.25) is 11.8 Å². The molecule has 0 fully saturated rings. The summed E-state index contributed by atoms with van der Waals surface area (Å²) < 4.78 is 11.0. The average Bonchev–Trinajstić information content (AvgIpc) is 3.17. The molecule has 0 atom stereocenters. The highest BCUT2D eigenvalue weighted by molar-refractivity contribution is 5.56. The van der Waals surface area contributed by atoms with Crippen LogP contribution in [0.15, 0.2) is 52.9 Å². The van der Waals surface area contributed by atoms with E-state index in [9.17, 15) is 0 Å². The molecule has 0 spiro atoms. The Hall–Kier alpha value is -3.02. The van der Waals surface area contributed by atoms with Crippen LogP contribution in [-0.2, 0) is 6.54 Å². The number of hydrogen-bond donors (Lipinski definition) is 1. The summed E-state index contributed by atoms with van der Waals surface area (Å²) in [5, 5.41) is 11.5. The van der Waals surface area contributed by atoms with Gasteiger partial charge in [0.05, 0.1) is 13.7 Å². The lowest BCUT2D eigenvalue weighted by atomic mass is 10.2. The van der Waals surface area contributed by atoms with Crippen molar-refractivity contribution in [3.63, 3.8) is 0 Å². The van der Waals surface area contributed by atoms with Gasteiger partial charge in [0, 0.05) is 30.0 Å². The minimum atomic E-state index is 0.474. The Morgan fingerprint density at radius 1 is 1.04 bits per heavy atom. The number of hydrogen-bond acceptors (Lipinski definition) is 6. The first-order valence-electron chi connectivity index (χ1n) is 8.79. The molecule has 6 heteroatoms. The largest absolute Gasteiger partial charge is 0.497 e. The van der Waals surface area contributed by atoms with Crippen molar-refractivity contribution in [2.45, 2.75) is 20.4 Å². The predicted octanol–water partition coefficient (Wildman–Crippen LogP) is 4.20. The first-order chi connectivity index (χ1) is 12.7. The second-order valence-electron chi connectivity index (χ2n) is 5.81. The van der Waals surface area contributed by atoms with Crippen LogP contribution >= 0.6 is 0 Å². The van der Waals surface area contributed by atoms with Gasteiger partial charge in [-0.05, 0) is 56.3 Å². The molecule has 1 aromatic heterocycles. The highest BCUT2D eigenvalue weighted by Gasteiger charge is 2.09. The van der Waals surface area contributed by atoms with Gasteiger partial charge in [-0.2, -0.15) is 0 Å². The average molecular weight is 352 g/mol. The van der Waals surface area contributed by atoms with Gasteiger partial charge in [-0.3, -0.25) is 0 Å². The molecule has 1 heterocycles. The van der Waals surface area contributed by atoms with Crippen LogP contribution in [0.4, 0.5) is 11.4 Å². The fourth-order valence-electron chi connectivity index (χ4n) is 2.75. The molecule has 3 aromatic rings. The first-order valence-corrected chi connectivity index (χ1v) is 8.79. The van der Waals surface area contributed by atoms with E-state index < -0.39 is 0 Å². The van der Waals surface area contributed by atoms with Gasteiger partial charge < -0.3 is 19.4 Å². The summed E-state index contributed by atoms with van der Waals surface area (Å²) in [5.41, 5.74) is 3.08. The normalized spacial score (nSPS) is 10.6. The van der Waals surface area contributed by atoms with E-state index in [1.54, 1.807) is 7.11 Å². The third-order valence-electron chi connectivity index (χ3n) is 4.22. The van der Waals surface area contributed by atoms with E-state index in [1.165, 1.54) is 5.69 Å². The van der Waals surface area contributed by atoms with Crippen LogP contribution in [0.1, 0.15) is 19.7 Å². The van der Waals surface area contributed by atoms with Gasteiger partial charge in [-0.25, -0.2) is 0 Å². The van der Waals surface area contributed by atoms with E-state index in [0.29, 0.717) is 18.3 Å². The zero-order valence-electron chi connectivity index (χ0n) is 15.4. The van der Waals surface area contributed by atoms with E-state index in [0.717, 1.165) is 30.1 Å². The van der Waals surface area contributed by atoms with Crippen LogP contribution in [0, 0.1) is 0 Å². The number of anilines is 2. The summed E-state index contributed by atoms with van der Waals surface area (Å²) in [7, 11) is 1.63. The highest BCUT2D eigenvalue weighted by Crippen LogP contribution is 2.23. The van der Waals surface area contributed by atoms with Crippen LogP contribution < -0.4 is 15.0 Å². The van der Waals surface area contributed by atoms with Gasteiger partial charge in [0.15, 0.2) is 0 Å². The lowest BCUT2D eigenvalue weighted by Gasteiger charge is -2.21. The Balaban J connectivity index is 1.63. The van der Waals surface area contributed by atoms with Crippen molar-refractivity contribution in [1.82, 2.24) is 10.2 Å². The lowest BCUT2D eigenvalue weighted by molar-refractivity contribution is 0.414. The Bertz CT molecular complexity index is 826. The maximum absolute atomic E-state index is 5.74. The van der Waals surface area contributed by atoms with Crippen LogP contribution in [0.2, 0.25) is 0 Å². The maximum Gasteiger partial charge on any atom is 0.247 e. The quantitative estimate of drug-likeness (QED) is 0.655. The van der Waals surface area contributed by atoms with Gasteiger partial charge in [-0.15, -0.1) is 10.2 Å². The molecule has 136 valence electrons. The Labute approximate surface area is 153 Å². The van der Waals surface area contributed by atoms with Crippen LogP contribution in [0.5, 0.6) is 5.75 Å². The molecule has 3 rings (SSSR count). The summed E-state index contributed by atoms with van der Waals surface area (Å²) in [6, 6.07) is 15.9. The minimum absolute atomic E-state index is 0.474. The number of methoxy groups -OCH3 is 1. The highest BCUT2D eigenvalue weighted by atomic mass is 16.5. The van der Waals surface area contributed by atoms with Gasteiger partial charge in [0.25, 0.3) is 0 Å². The van der Waals surface area contributed by atoms with Gasteiger partial charge in [-0.1, -0.05) is 6.07 Å². The molecule has 6 nitrogen and oxygen atoms in total. The molecule has 0 radical (unpaired) electrons. The number of rotatable bonds is 8. The number of nitrogens with one attached hydrogen (secondary N) is 1. The van der Waals surface area contributed by atoms with Crippen molar-refractivity contribution in [1.29, 1.82) is 0 Å². The molecule has 26 heavy (non-hydrogen) atoms. The van der Waals surface area contributed by atoms with Gasteiger partial charge >= 0.3 is 0 Å². The number of aromatic nitrogens is 2. The molecular weight excluding hydrogens is 328 g/mol. The summed E-state index contributed by atoms with van der Waals surface area (Å²) >= 11 is 0. The second kappa shape index (κ2) is 8.38. The molecule has 0 aliphatic rings. The van der Waals surface area contributed by atoms with Gasteiger partial charge in [0.1, 0.15) is 5.75 Å². The van der Waals surface area contributed by atoms with Crippen LogP contribution in [0.3, 0.4) is 0 Å². The van der Waals surface area contributed by atoms with Crippen molar-refractivity contribution in [3.05, 3.63) is 54.4 Å². The Morgan fingerprint density at radius 2 is 1.81 bits per heavy atom. The first kappa shape index (κ1) is 17.8. The second-order valence-corrected chi connectivity index (χ2v) is 5.81. The molecule has 0 bridgehead atoms. The predicted molar refractivity (Wildman–Crippen MR) is 104 cm³/mol. The summed E-state index contributed by atoms with van der Waals surface area (Å²) in [5.74, 6) is 1.78. The lowest BCUT2D eigenvalue weighted by Crippen LogP contribution is -2.21. The van der Waals surface area contributed by atoms with Crippen molar-refractivity contribution in [2.75, 3.05) is 30.4 Å². The molecule has 0 aliphatic carbocycles. The molecule has 0 saturated carbocycles. The van der Waals surface area contributed by atoms with E-state index in [4.69, 9.17) is 9.15 Å². The molecule has 0 aliphatic heterocycles. The molecule has 0 unspecified atom stereocenters. The van der Waals surface area contributed by atoms with Crippen molar-refractivity contribution in [2.24, 2.45) is 0 Å². The van der Waals surface area contributed by atoms with Crippen molar-refractivity contribution >= 4 is 11.4 Å².